The third-order valence-electron chi connectivity index (χ3n) is 9.71. The molecule has 2 nitrogen and oxygen atoms in total. The highest BCUT2D eigenvalue weighted by atomic mass is 79.9. The number of likely N-dealkylation sites (tertiary alicyclic amines) is 1. The van der Waals surface area contributed by atoms with E-state index in [0.29, 0.717) is 0 Å². The van der Waals surface area contributed by atoms with Gasteiger partial charge in [0.15, 0.2) is 0 Å². The molecule has 1 fully saturated rings. The second-order valence-corrected chi connectivity index (χ2v) is 14.9. The normalized spacial score (nSPS) is 15.8. The maximum atomic E-state index is 3.53. The van der Waals surface area contributed by atoms with Crippen LogP contribution in [-0.2, 0) is 0 Å². The summed E-state index contributed by atoms with van der Waals surface area (Å²) in [6.07, 6.45) is 35.9. The topological polar surface area (TPSA) is 6.48 Å². The Balaban J connectivity index is 1.93. The Kier molecular flexibility index (Phi) is 29.1. The molecular weight excluding hydrogens is 620 g/mol. The monoisotopic (exact) mass is 690 g/mol. The van der Waals surface area contributed by atoms with Gasteiger partial charge < -0.3 is 9.80 Å². The molecule has 4 heteroatoms. The first-order valence-electron chi connectivity index (χ1n) is 18.2. The van der Waals surface area contributed by atoms with Crippen molar-refractivity contribution >= 4 is 31.9 Å². The van der Waals surface area contributed by atoms with E-state index in [2.05, 4.69) is 55.6 Å². The van der Waals surface area contributed by atoms with E-state index < -0.39 is 0 Å². The van der Waals surface area contributed by atoms with E-state index in [4.69, 9.17) is 0 Å². The third-order valence-corrected chi connectivity index (χ3v) is 10.8. The van der Waals surface area contributed by atoms with Crippen LogP contribution in [0.2, 0.25) is 0 Å². The number of hydrogen-bond donors (Lipinski definition) is 0. The molecule has 1 heterocycles. The van der Waals surface area contributed by atoms with E-state index in [1.165, 1.54) is 204 Å². The quantitative estimate of drug-likeness (QED) is 0.0546. The van der Waals surface area contributed by atoms with Crippen molar-refractivity contribution in [1.29, 1.82) is 0 Å². The molecule has 1 saturated heterocycles. The number of nitrogens with zero attached hydrogens (tertiary/aromatic N) is 2. The lowest BCUT2D eigenvalue weighted by atomic mass is 9.88. The molecule has 0 N–H and O–H groups in total. The largest absolute Gasteiger partial charge is 0.306 e. The lowest BCUT2D eigenvalue weighted by Gasteiger charge is -2.32. The van der Waals surface area contributed by atoms with Crippen LogP contribution in [0.3, 0.4) is 0 Å². The van der Waals surface area contributed by atoms with Gasteiger partial charge in [-0.3, -0.25) is 0 Å². The standard InChI is InChI=1S/C36H72Br2N2/c1-3-35(25-32-39(2)30-20-16-12-8-4-6-10-14-18-28-37)23-22-24-36-26-33-40(34-27-36)31-21-17-13-9-5-7-11-15-19-29-38/h35-36H,3-34H2,1-2H3. The minimum Gasteiger partial charge on any atom is -0.306 e. The van der Waals surface area contributed by atoms with Gasteiger partial charge in [-0.25, -0.2) is 0 Å². The first kappa shape index (κ1) is 38.9. The van der Waals surface area contributed by atoms with Crippen LogP contribution >= 0.6 is 31.9 Å². The maximum absolute atomic E-state index is 3.53. The van der Waals surface area contributed by atoms with Crippen molar-refractivity contribution in [2.75, 3.05) is 50.4 Å². The molecule has 0 aromatic rings. The van der Waals surface area contributed by atoms with Gasteiger partial charge in [0.2, 0.25) is 0 Å². The van der Waals surface area contributed by atoms with Crippen LogP contribution in [0.25, 0.3) is 0 Å². The molecule has 1 aliphatic heterocycles. The molecule has 0 aromatic carbocycles. The van der Waals surface area contributed by atoms with Crippen molar-refractivity contribution in [3.8, 4) is 0 Å². The number of unbranched alkanes of at least 4 members (excludes halogenated alkanes) is 16. The Morgan fingerprint density at radius 2 is 1.07 bits per heavy atom. The van der Waals surface area contributed by atoms with Crippen molar-refractivity contribution < 1.29 is 0 Å². The number of hydrogen-bond acceptors (Lipinski definition) is 2. The number of rotatable bonds is 30. The Morgan fingerprint density at radius 3 is 1.57 bits per heavy atom. The van der Waals surface area contributed by atoms with Crippen molar-refractivity contribution in [2.24, 2.45) is 11.8 Å². The van der Waals surface area contributed by atoms with Crippen molar-refractivity contribution in [3.05, 3.63) is 0 Å². The minimum absolute atomic E-state index is 0.946. The van der Waals surface area contributed by atoms with Crippen molar-refractivity contribution in [1.82, 2.24) is 9.80 Å². The Hall–Kier alpha value is 0.880. The lowest BCUT2D eigenvalue weighted by molar-refractivity contribution is 0.172. The van der Waals surface area contributed by atoms with Crippen LogP contribution in [0.15, 0.2) is 0 Å². The van der Waals surface area contributed by atoms with Gasteiger partial charge in [0, 0.05) is 10.7 Å². The molecule has 1 rings (SSSR count). The second-order valence-electron chi connectivity index (χ2n) is 13.3. The number of piperidine rings is 1. The molecule has 0 aromatic heterocycles. The molecule has 0 amide bonds. The predicted molar refractivity (Wildman–Crippen MR) is 190 cm³/mol. The fourth-order valence-corrected chi connectivity index (χ4v) is 7.44. The highest BCUT2D eigenvalue weighted by Gasteiger charge is 2.19. The highest BCUT2D eigenvalue weighted by Crippen LogP contribution is 2.26. The Labute approximate surface area is 270 Å². The predicted octanol–water partition coefficient (Wildman–Crippen LogP) is 12.0. The molecule has 0 aliphatic carbocycles. The summed E-state index contributed by atoms with van der Waals surface area (Å²) in [5.41, 5.74) is 0. The van der Waals surface area contributed by atoms with Crippen LogP contribution in [0.5, 0.6) is 0 Å². The smallest absolute Gasteiger partial charge is 0.00313 e. The van der Waals surface area contributed by atoms with E-state index in [1.54, 1.807) is 0 Å². The van der Waals surface area contributed by atoms with Crippen molar-refractivity contribution in [2.45, 2.75) is 167 Å². The third kappa shape index (κ3) is 24.3. The van der Waals surface area contributed by atoms with Crippen LogP contribution in [0.1, 0.15) is 167 Å². The van der Waals surface area contributed by atoms with E-state index in [-0.39, 0.29) is 0 Å². The first-order valence-corrected chi connectivity index (χ1v) is 20.5. The van der Waals surface area contributed by atoms with Crippen molar-refractivity contribution in [3.63, 3.8) is 0 Å². The number of halogens is 2. The van der Waals surface area contributed by atoms with E-state index in [0.717, 1.165) is 11.8 Å². The first-order chi connectivity index (χ1) is 19.7. The molecular formula is C36H72Br2N2. The summed E-state index contributed by atoms with van der Waals surface area (Å²) < 4.78 is 0. The summed E-state index contributed by atoms with van der Waals surface area (Å²) in [4.78, 5) is 5.39. The van der Waals surface area contributed by atoms with Gasteiger partial charge in [-0.1, -0.05) is 154 Å². The average Bonchev–Trinajstić information content (AvgIpc) is 2.97. The Morgan fingerprint density at radius 1 is 0.600 bits per heavy atom. The fraction of sp³-hybridized carbons (Fsp3) is 1.00. The molecule has 1 atom stereocenters. The minimum atomic E-state index is 0.946. The molecule has 240 valence electrons. The molecule has 40 heavy (non-hydrogen) atoms. The fourth-order valence-electron chi connectivity index (χ4n) is 6.64. The van der Waals surface area contributed by atoms with Gasteiger partial charge >= 0.3 is 0 Å². The van der Waals surface area contributed by atoms with Crippen LogP contribution < -0.4 is 0 Å². The molecule has 0 spiro atoms. The van der Waals surface area contributed by atoms with Gasteiger partial charge in [-0.15, -0.1) is 0 Å². The summed E-state index contributed by atoms with van der Waals surface area (Å²) >= 11 is 7.07. The summed E-state index contributed by atoms with van der Waals surface area (Å²) in [6.45, 7) is 9.14. The van der Waals surface area contributed by atoms with Gasteiger partial charge in [0.25, 0.3) is 0 Å². The Bertz CT molecular complexity index is 495. The van der Waals surface area contributed by atoms with Gasteiger partial charge in [0.1, 0.15) is 0 Å². The van der Waals surface area contributed by atoms with E-state index in [9.17, 15) is 0 Å². The second kappa shape index (κ2) is 29.9. The summed E-state index contributed by atoms with van der Waals surface area (Å²) in [5.74, 6) is 1.96. The van der Waals surface area contributed by atoms with E-state index in [1.807, 2.05) is 0 Å². The summed E-state index contributed by atoms with van der Waals surface area (Å²) in [7, 11) is 2.36. The van der Waals surface area contributed by atoms with Gasteiger partial charge in [-0.05, 0) is 96.6 Å². The van der Waals surface area contributed by atoms with E-state index >= 15 is 0 Å². The molecule has 1 aliphatic rings. The zero-order valence-corrected chi connectivity index (χ0v) is 30.6. The number of alkyl halides is 2. The average molecular weight is 693 g/mol. The molecule has 1 unspecified atom stereocenters. The molecule has 0 saturated carbocycles. The molecule has 0 radical (unpaired) electrons. The van der Waals surface area contributed by atoms with Gasteiger partial charge in [-0.2, -0.15) is 0 Å². The molecule has 0 bridgehead atoms. The van der Waals surface area contributed by atoms with Crippen LogP contribution in [0, 0.1) is 11.8 Å². The zero-order valence-electron chi connectivity index (χ0n) is 27.4. The SMILES string of the molecule is CCC(CCCC1CCN(CCCCCCCCCCCBr)CC1)CCN(C)CCCCCCCCCCCBr. The highest BCUT2D eigenvalue weighted by molar-refractivity contribution is 9.09. The maximum Gasteiger partial charge on any atom is 0.00313 e. The van der Waals surface area contributed by atoms with Crippen LogP contribution in [0.4, 0.5) is 0 Å². The van der Waals surface area contributed by atoms with Gasteiger partial charge in [0.05, 0.1) is 0 Å². The lowest BCUT2D eigenvalue weighted by Crippen LogP contribution is -2.34. The summed E-state index contributed by atoms with van der Waals surface area (Å²) in [6, 6.07) is 0. The zero-order chi connectivity index (χ0) is 28.9. The summed E-state index contributed by atoms with van der Waals surface area (Å²) in [5, 5.41) is 2.36. The van der Waals surface area contributed by atoms with Crippen LogP contribution in [-0.4, -0.2) is 60.2 Å².